The minimum atomic E-state index is -0.0891. The number of unbranched alkanes of at least 4 members (excludes halogenated alkanes) is 14. The lowest BCUT2D eigenvalue weighted by atomic mass is 9.66. The van der Waals surface area contributed by atoms with Crippen LogP contribution < -0.4 is 5.73 Å². The van der Waals surface area contributed by atoms with E-state index in [1.54, 1.807) is 0 Å². The van der Waals surface area contributed by atoms with Gasteiger partial charge in [-0.2, -0.15) is 0 Å². The molecule has 1 heteroatoms. The first kappa shape index (κ1) is 29.2. The van der Waals surface area contributed by atoms with Gasteiger partial charge in [0.25, 0.3) is 0 Å². The van der Waals surface area contributed by atoms with E-state index in [0.717, 1.165) is 13.0 Å². The van der Waals surface area contributed by atoms with E-state index in [4.69, 9.17) is 5.73 Å². The van der Waals surface area contributed by atoms with Crippen molar-refractivity contribution in [3.8, 4) is 0 Å². The molecule has 3 aromatic carbocycles. The Hall–Kier alpha value is -2.38. The Bertz CT molecular complexity index is 822. The van der Waals surface area contributed by atoms with Crippen LogP contribution in [0.15, 0.2) is 91.0 Å². The van der Waals surface area contributed by atoms with Gasteiger partial charge in [-0.05, 0) is 36.1 Å². The summed E-state index contributed by atoms with van der Waals surface area (Å²) in [4.78, 5) is 0. The van der Waals surface area contributed by atoms with Crippen LogP contribution in [0.25, 0.3) is 0 Å². The van der Waals surface area contributed by atoms with Crippen molar-refractivity contribution in [2.45, 2.75) is 108 Å². The molecule has 3 rings (SSSR count). The summed E-state index contributed by atoms with van der Waals surface area (Å²) in [6.07, 6.45) is 21.7. The lowest BCUT2D eigenvalue weighted by molar-refractivity contribution is 0.491. The highest BCUT2D eigenvalue weighted by molar-refractivity contribution is 5.50. The second kappa shape index (κ2) is 18.0. The van der Waals surface area contributed by atoms with Crippen molar-refractivity contribution < 1.29 is 0 Å². The summed E-state index contributed by atoms with van der Waals surface area (Å²) in [7, 11) is 0. The highest BCUT2D eigenvalue weighted by Crippen LogP contribution is 2.43. The second-order valence-electron chi connectivity index (χ2n) is 10.8. The summed E-state index contributed by atoms with van der Waals surface area (Å²) in [5.41, 5.74) is 9.69. The fourth-order valence-corrected chi connectivity index (χ4v) is 5.93. The number of rotatable bonds is 20. The van der Waals surface area contributed by atoms with Crippen molar-refractivity contribution in [1.82, 2.24) is 0 Å². The first-order valence-corrected chi connectivity index (χ1v) is 15.2. The van der Waals surface area contributed by atoms with Crippen molar-refractivity contribution in [3.63, 3.8) is 0 Å². The lowest BCUT2D eigenvalue weighted by Crippen LogP contribution is -2.29. The molecule has 0 atom stereocenters. The number of hydrogen-bond donors (Lipinski definition) is 1. The quantitative estimate of drug-likeness (QED) is 0.122. The molecule has 200 valence electrons. The Morgan fingerprint density at radius 1 is 0.351 bits per heavy atom. The standard InChI is InChI=1S/C36H51N/c37-32-24-13-11-9-7-5-3-1-2-4-6-8-10-12-23-31-36(33-25-17-14-18-26-33,34-27-19-15-20-28-34)35-29-21-16-22-30-35/h14-22,25-30H,1-13,23-24,31-32,37H2. The van der Waals surface area contributed by atoms with Crippen LogP contribution in [0.4, 0.5) is 0 Å². The molecule has 0 aliphatic heterocycles. The Morgan fingerprint density at radius 3 is 0.919 bits per heavy atom. The van der Waals surface area contributed by atoms with Gasteiger partial charge in [0.15, 0.2) is 0 Å². The zero-order valence-corrected chi connectivity index (χ0v) is 23.3. The average molecular weight is 498 g/mol. The molecule has 0 unspecified atom stereocenters. The minimum absolute atomic E-state index is 0.0891. The van der Waals surface area contributed by atoms with Gasteiger partial charge >= 0.3 is 0 Å². The van der Waals surface area contributed by atoms with E-state index in [2.05, 4.69) is 91.0 Å². The predicted octanol–water partition coefficient (Wildman–Crippen LogP) is 10.2. The average Bonchev–Trinajstić information content (AvgIpc) is 2.96. The topological polar surface area (TPSA) is 26.0 Å². The van der Waals surface area contributed by atoms with Crippen LogP contribution in [0.5, 0.6) is 0 Å². The SMILES string of the molecule is NCCCCCCCCCCCCCCCCCC(c1ccccc1)(c1ccccc1)c1ccccc1. The zero-order chi connectivity index (χ0) is 25.9. The number of hydrogen-bond acceptors (Lipinski definition) is 1. The normalized spacial score (nSPS) is 11.6. The van der Waals surface area contributed by atoms with Gasteiger partial charge in [0.1, 0.15) is 0 Å². The van der Waals surface area contributed by atoms with Crippen LogP contribution >= 0.6 is 0 Å². The molecule has 2 N–H and O–H groups in total. The van der Waals surface area contributed by atoms with E-state index in [9.17, 15) is 0 Å². The van der Waals surface area contributed by atoms with E-state index < -0.39 is 0 Å². The molecule has 0 spiro atoms. The third kappa shape index (κ3) is 9.78. The highest BCUT2D eigenvalue weighted by Gasteiger charge is 2.35. The summed E-state index contributed by atoms with van der Waals surface area (Å²) in [6.45, 7) is 0.857. The van der Waals surface area contributed by atoms with E-state index >= 15 is 0 Å². The molecule has 0 heterocycles. The van der Waals surface area contributed by atoms with Crippen molar-refractivity contribution in [2.24, 2.45) is 5.73 Å². The van der Waals surface area contributed by atoms with Crippen molar-refractivity contribution in [2.75, 3.05) is 6.54 Å². The molecule has 0 aromatic heterocycles. The molecule has 3 aromatic rings. The second-order valence-corrected chi connectivity index (χ2v) is 10.8. The minimum Gasteiger partial charge on any atom is -0.330 e. The predicted molar refractivity (Wildman–Crippen MR) is 162 cm³/mol. The van der Waals surface area contributed by atoms with E-state index in [1.165, 1.54) is 113 Å². The zero-order valence-electron chi connectivity index (χ0n) is 23.3. The third-order valence-corrected chi connectivity index (χ3v) is 8.06. The summed E-state index contributed by atoms with van der Waals surface area (Å²) >= 11 is 0. The van der Waals surface area contributed by atoms with Crippen molar-refractivity contribution >= 4 is 0 Å². The molecular formula is C36H51N. The molecular weight excluding hydrogens is 446 g/mol. The van der Waals surface area contributed by atoms with Crippen LogP contribution in [0.1, 0.15) is 119 Å². The fraction of sp³-hybridized carbons (Fsp3) is 0.500. The van der Waals surface area contributed by atoms with Gasteiger partial charge in [0, 0.05) is 5.41 Å². The Morgan fingerprint density at radius 2 is 0.622 bits per heavy atom. The molecule has 1 nitrogen and oxygen atoms in total. The molecule has 0 bridgehead atoms. The van der Waals surface area contributed by atoms with E-state index in [0.29, 0.717) is 0 Å². The monoisotopic (exact) mass is 497 g/mol. The molecule has 0 saturated carbocycles. The maximum absolute atomic E-state index is 5.57. The maximum Gasteiger partial charge on any atom is 0.0451 e. The number of benzene rings is 3. The summed E-state index contributed by atoms with van der Waals surface area (Å²) in [6, 6.07) is 33.5. The largest absolute Gasteiger partial charge is 0.330 e. The summed E-state index contributed by atoms with van der Waals surface area (Å²) in [5, 5.41) is 0. The lowest BCUT2D eigenvalue weighted by Gasteiger charge is -2.36. The van der Waals surface area contributed by atoms with Crippen LogP contribution in [0.3, 0.4) is 0 Å². The smallest absolute Gasteiger partial charge is 0.0451 e. The Kier molecular flexibility index (Phi) is 14.2. The molecule has 0 amide bonds. The van der Waals surface area contributed by atoms with Gasteiger partial charge in [0.05, 0.1) is 0 Å². The van der Waals surface area contributed by atoms with Gasteiger partial charge in [-0.25, -0.2) is 0 Å². The van der Waals surface area contributed by atoms with Gasteiger partial charge in [-0.3, -0.25) is 0 Å². The Labute approximate surface area is 227 Å². The van der Waals surface area contributed by atoms with Crippen LogP contribution in [0, 0.1) is 0 Å². The van der Waals surface area contributed by atoms with Crippen LogP contribution in [0.2, 0.25) is 0 Å². The van der Waals surface area contributed by atoms with Crippen LogP contribution in [-0.2, 0) is 5.41 Å². The summed E-state index contributed by atoms with van der Waals surface area (Å²) in [5.74, 6) is 0. The fourth-order valence-electron chi connectivity index (χ4n) is 5.93. The van der Waals surface area contributed by atoms with E-state index in [-0.39, 0.29) is 5.41 Å². The molecule has 37 heavy (non-hydrogen) atoms. The Balaban J connectivity index is 1.41. The summed E-state index contributed by atoms with van der Waals surface area (Å²) < 4.78 is 0. The molecule has 0 radical (unpaired) electrons. The van der Waals surface area contributed by atoms with E-state index in [1.807, 2.05) is 0 Å². The molecule has 0 saturated heterocycles. The molecule has 0 aliphatic carbocycles. The van der Waals surface area contributed by atoms with Gasteiger partial charge in [-0.15, -0.1) is 0 Å². The van der Waals surface area contributed by atoms with Gasteiger partial charge in [0.2, 0.25) is 0 Å². The van der Waals surface area contributed by atoms with Gasteiger partial charge in [-0.1, -0.05) is 181 Å². The maximum atomic E-state index is 5.57. The highest BCUT2D eigenvalue weighted by atomic mass is 14.5. The van der Waals surface area contributed by atoms with Crippen molar-refractivity contribution in [1.29, 1.82) is 0 Å². The number of nitrogens with two attached hydrogens (primary N) is 1. The van der Waals surface area contributed by atoms with Gasteiger partial charge < -0.3 is 5.73 Å². The third-order valence-electron chi connectivity index (χ3n) is 8.06. The van der Waals surface area contributed by atoms with Crippen LogP contribution in [-0.4, -0.2) is 6.54 Å². The molecule has 0 aliphatic rings. The molecule has 0 fully saturated rings. The first-order valence-electron chi connectivity index (χ1n) is 15.2. The first-order chi connectivity index (χ1) is 18.4. The van der Waals surface area contributed by atoms with Crippen molar-refractivity contribution in [3.05, 3.63) is 108 Å².